The normalized spacial score (nSPS) is 12.7. The van der Waals surface area contributed by atoms with E-state index in [4.69, 9.17) is 4.74 Å². The fourth-order valence-electron chi connectivity index (χ4n) is 10.4. The molecule has 2 unspecified atom stereocenters. The second kappa shape index (κ2) is 62.9. The number of hydrogen-bond donors (Lipinski definition) is 3. The molecule has 0 fully saturated rings. The van der Waals surface area contributed by atoms with E-state index < -0.39 is 12.1 Å². The van der Waals surface area contributed by atoms with Crippen LogP contribution in [-0.4, -0.2) is 47.4 Å². The van der Waals surface area contributed by atoms with Crippen LogP contribution >= 0.6 is 0 Å². The van der Waals surface area contributed by atoms with Gasteiger partial charge in [0.2, 0.25) is 5.91 Å². The first-order chi connectivity index (χ1) is 36.0. The standard InChI is InChI=1S/C67H129NO5/c1-3-5-7-9-11-13-15-17-18-19-20-21-22-23-24-25-26-29-32-36-39-43-47-51-55-59-65(70)64(63-69)68-66(71)60-56-52-48-44-40-37-33-30-27-28-31-34-38-42-46-50-54-58-62-73-67(72)61-57-53-49-45-41-35-16-14-12-10-8-6-4-2/h14,16,30,33,64-65,69-70H,3-13,15,17-29,31-32,34-63H2,1-2H3,(H,68,71)/b16-14-,33-30-. The summed E-state index contributed by atoms with van der Waals surface area (Å²) in [5, 5.41) is 23.4. The Morgan fingerprint density at radius 2 is 0.644 bits per heavy atom. The average molecular weight is 1030 g/mol. The van der Waals surface area contributed by atoms with Crippen LogP contribution in [0.5, 0.6) is 0 Å². The zero-order valence-electron chi connectivity index (χ0n) is 49.4. The van der Waals surface area contributed by atoms with E-state index in [-0.39, 0.29) is 18.5 Å². The molecule has 0 aromatic carbocycles. The van der Waals surface area contributed by atoms with Crippen molar-refractivity contribution in [2.45, 2.75) is 379 Å². The number of carbonyl (C=O) groups excluding carboxylic acids is 2. The van der Waals surface area contributed by atoms with Crippen LogP contribution in [0.2, 0.25) is 0 Å². The number of ether oxygens (including phenoxy) is 1. The lowest BCUT2D eigenvalue weighted by Gasteiger charge is -2.22. The van der Waals surface area contributed by atoms with E-state index in [9.17, 15) is 19.8 Å². The van der Waals surface area contributed by atoms with Crippen molar-refractivity contribution in [3.05, 3.63) is 24.3 Å². The SMILES string of the molecule is CCCCCC/C=C\CCCCCCCC(=O)OCCCCCCCCCCC/C=C\CCCCCCCC(=O)NC(CO)C(O)CCCCCCCCCCCCCCCCCCCCCCCCCCC. The van der Waals surface area contributed by atoms with Crippen molar-refractivity contribution in [1.29, 1.82) is 0 Å². The predicted octanol–water partition coefficient (Wildman–Crippen LogP) is 21.0. The first kappa shape index (κ1) is 71.3. The molecule has 0 aliphatic heterocycles. The molecule has 0 radical (unpaired) electrons. The second-order valence-corrected chi connectivity index (χ2v) is 22.8. The third-order valence-electron chi connectivity index (χ3n) is 15.5. The summed E-state index contributed by atoms with van der Waals surface area (Å²) in [7, 11) is 0. The second-order valence-electron chi connectivity index (χ2n) is 22.8. The maximum absolute atomic E-state index is 12.5. The van der Waals surface area contributed by atoms with Gasteiger partial charge in [-0.05, 0) is 77.0 Å². The highest BCUT2D eigenvalue weighted by molar-refractivity contribution is 5.76. The Hall–Kier alpha value is -1.66. The number of unbranched alkanes of at least 4 members (excludes halogenated alkanes) is 47. The Morgan fingerprint density at radius 1 is 0.370 bits per heavy atom. The summed E-state index contributed by atoms with van der Waals surface area (Å²) >= 11 is 0. The molecule has 0 aliphatic carbocycles. The number of esters is 1. The van der Waals surface area contributed by atoms with Gasteiger partial charge in [0.05, 0.1) is 25.4 Å². The molecule has 6 heteroatoms. The molecule has 0 saturated heterocycles. The molecule has 73 heavy (non-hydrogen) atoms. The van der Waals surface area contributed by atoms with E-state index in [1.165, 1.54) is 276 Å². The van der Waals surface area contributed by atoms with Crippen LogP contribution in [0, 0.1) is 0 Å². The van der Waals surface area contributed by atoms with Gasteiger partial charge in [-0.1, -0.05) is 301 Å². The first-order valence-electron chi connectivity index (χ1n) is 33.1. The third-order valence-corrected chi connectivity index (χ3v) is 15.5. The molecule has 432 valence electrons. The van der Waals surface area contributed by atoms with Gasteiger partial charge in [0.25, 0.3) is 0 Å². The summed E-state index contributed by atoms with van der Waals surface area (Å²) in [5.74, 6) is -0.0508. The minimum absolute atomic E-state index is 0.00542. The van der Waals surface area contributed by atoms with Crippen LogP contribution in [0.3, 0.4) is 0 Å². The first-order valence-corrected chi connectivity index (χ1v) is 33.1. The lowest BCUT2D eigenvalue weighted by Crippen LogP contribution is -2.45. The van der Waals surface area contributed by atoms with Crippen LogP contribution in [-0.2, 0) is 14.3 Å². The number of aliphatic hydroxyl groups excluding tert-OH is 2. The Morgan fingerprint density at radius 3 is 0.986 bits per heavy atom. The number of amides is 1. The van der Waals surface area contributed by atoms with Gasteiger partial charge in [-0.25, -0.2) is 0 Å². The van der Waals surface area contributed by atoms with E-state index in [2.05, 4.69) is 43.5 Å². The van der Waals surface area contributed by atoms with Crippen LogP contribution in [0.15, 0.2) is 24.3 Å². The molecular formula is C67H129NO5. The molecule has 0 saturated carbocycles. The van der Waals surface area contributed by atoms with Gasteiger partial charge in [-0.2, -0.15) is 0 Å². The van der Waals surface area contributed by atoms with Crippen molar-refractivity contribution in [3.63, 3.8) is 0 Å². The van der Waals surface area contributed by atoms with Gasteiger partial charge < -0.3 is 20.3 Å². The van der Waals surface area contributed by atoms with Gasteiger partial charge in [0.15, 0.2) is 0 Å². The number of allylic oxidation sites excluding steroid dienone is 4. The topological polar surface area (TPSA) is 95.9 Å². The highest BCUT2D eigenvalue weighted by Crippen LogP contribution is 2.18. The molecule has 0 aromatic heterocycles. The molecule has 0 spiro atoms. The fourth-order valence-corrected chi connectivity index (χ4v) is 10.4. The predicted molar refractivity (Wildman–Crippen MR) is 320 cm³/mol. The van der Waals surface area contributed by atoms with Crippen LogP contribution in [0.4, 0.5) is 0 Å². The third kappa shape index (κ3) is 59.4. The van der Waals surface area contributed by atoms with Crippen LogP contribution < -0.4 is 5.32 Å². The Kier molecular flexibility index (Phi) is 61.4. The quantitative estimate of drug-likeness (QED) is 0.0320. The smallest absolute Gasteiger partial charge is 0.305 e. The number of rotatable bonds is 62. The molecule has 0 bridgehead atoms. The number of carbonyl (C=O) groups is 2. The lowest BCUT2D eigenvalue weighted by atomic mass is 10.0. The van der Waals surface area contributed by atoms with Gasteiger partial charge in [-0.15, -0.1) is 0 Å². The molecular weight excluding hydrogens is 899 g/mol. The maximum atomic E-state index is 12.5. The van der Waals surface area contributed by atoms with E-state index in [1.807, 2.05) is 0 Å². The zero-order chi connectivity index (χ0) is 52.9. The fraction of sp³-hybridized carbons (Fsp3) is 0.910. The van der Waals surface area contributed by atoms with E-state index in [1.54, 1.807) is 0 Å². The summed E-state index contributed by atoms with van der Waals surface area (Å²) in [6, 6.07) is -0.553. The summed E-state index contributed by atoms with van der Waals surface area (Å²) in [6.45, 7) is 4.95. The lowest BCUT2D eigenvalue weighted by molar-refractivity contribution is -0.143. The van der Waals surface area contributed by atoms with Gasteiger partial charge in [-0.3, -0.25) is 9.59 Å². The van der Waals surface area contributed by atoms with Gasteiger partial charge in [0.1, 0.15) is 0 Å². The van der Waals surface area contributed by atoms with Crippen LogP contribution in [0.25, 0.3) is 0 Å². The van der Waals surface area contributed by atoms with Gasteiger partial charge >= 0.3 is 5.97 Å². The highest BCUT2D eigenvalue weighted by atomic mass is 16.5. The van der Waals surface area contributed by atoms with Gasteiger partial charge in [0, 0.05) is 12.8 Å². The molecule has 0 heterocycles. The molecule has 2 atom stereocenters. The zero-order valence-corrected chi connectivity index (χ0v) is 49.4. The largest absolute Gasteiger partial charge is 0.466 e. The molecule has 3 N–H and O–H groups in total. The molecule has 1 amide bonds. The Balaban J connectivity index is 3.44. The van der Waals surface area contributed by atoms with Crippen molar-refractivity contribution in [1.82, 2.24) is 5.32 Å². The van der Waals surface area contributed by atoms with Crippen LogP contribution in [0.1, 0.15) is 367 Å². The summed E-state index contributed by atoms with van der Waals surface area (Å²) < 4.78 is 5.47. The summed E-state index contributed by atoms with van der Waals surface area (Å²) in [6.07, 6.45) is 77.7. The maximum Gasteiger partial charge on any atom is 0.305 e. The van der Waals surface area contributed by atoms with E-state index in [0.717, 1.165) is 57.8 Å². The van der Waals surface area contributed by atoms with Crippen molar-refractivity contribution in [2.75, 3.05) is 13.2 Å². The van der Waals surface area contributed by atoms with Crippen molar-refractivity contribution in [2.24, 2.45) is 0 Å². The molecule has 0 rings (SSSR count). The number of hydrogen-bond acceptors (Lipinski definition) is 5. The van der Waals surface area contributed by atoms with Crippen molar-refractivity contribution >= 4 is 11.9 Å². The molecule has 6 nitrogen and oxygen atoms in total. The van der Waals surface area contributed by atoms with Crippen molar-refractivity contribution in [3.8, 4) is 0 Å². The minimum atomic E-state index is -0.675. The monoisotopic (exact) mass is 1030 g/mol. The van der Waals surface area contributed by atoms with Crippen molar-refractivity contribution < 1.29 is 24.5 Å². The number of aliphatic hydroxyl groups is 2. The number of nitrogens with one attached hydrogen (secondary N) is 1. The van der Waals surface area contributed by atoms with E-state index >= 15 is 0 Å². The molecule has 0 aromatic rings. The molecule has 0 aliphatic rings. The minimum Gasteiger partial charge on any atom is -0.466 e. The Labute approximate surface area is 456 Å². The summed E-state index contributed by atoms with van der Waals surface area (Å²) in [5.41, 5.74) is 0. The average Bonchev–Trinajstić information content (AvgIpc) is 3.39. The van der Waals surface area contributed by atoms with E-state index in [0.29, 0.717) is 25.9 Å². The Bertz CT molecular complexity index is 1140. The highest BCUT2D eigenvalue weighted by Gasteiger charge is 2.20. The summed E-state index contributed by atoms with van der Waals surface area (Å²) in [4.78, 5) is 24.6.